The molecule has 6 nitrogen and oxygen atoms in total. The lowest BCUT2D eigenvalue weighted by Crippen LogP contribution is -2.06. The van der Waals surface area contributed by atoms with Crippen molar-refractivity contribution >= 4 is 23.2 Å². The monoisotopic (exact) mass is 333 g/mol. The molecule has 0 fully saturated rings. The quantitative estimate of drug-likeness (QED) is 0.669. The Morgan fingerprint density at radius 3 is 2.76 bits per heavy atom. The Bertz CT molecular complexity index is 894. The fourth-order valence-corrected chi connectivity index (χ4v) is 2.40. The Hall–Kier alpha value is -3.28. The molecule has 0 aliphatic carbocycles. The number of anilines is 3. The molecule has 3 aromatic rings. The minimum Gasteiger partial charge on any atom is -0.365 e. The predicted molar refractivity (Wildman–Crippen MR) is 98.1 cm³/mol. The number of carbonyl (C=O) groups excluding carboxylic acids is 1. The number of Topliss-reactive ketones (excluding diaryl/α,β-unsaturated/α-hetero) is 1. The maximum atomic E-state index is 11.5. The fraction of sp³-hybridized carbons (Fsp3) is 0.158. The van der Waals surface area contributed by atoms with E-state index in [1.807, 2.05) is 18.2 Å². The summed E-state index contributed by atoms with van der Waals surface area (Å²) in [7, 11) is 0. The average molecular weight is 333 g/mol. The van der Waals surface area contributed by atoms with Gasteiger partial charge in [-0.15, -0.1) is 5.10 Å². The van der Waals surface area contributed by atoms with Crippen LogP contribution in [0.15, 0.2) is 54.7 Å². The molecule has 0 saturated carbocycles. The standard InChI is InChI=1S/C19H19N5O/c1-13-5-3-6-15(9-13)11-20-18-12-21-24-19(23-18)22-17-8-4-7-16(10-17)14(2)25/h3-10,12H,11H2,1-2H3,(H2,20,22,23,24). The van der Waals surface area contributed by atoms with Crippen LogP contribution in [-0.4, -0.2) is 21.0 Å². The second-order valence-corrected chi connectivity index (χ2v) is 5.77. The van der Waals surface area contributed by atoms with Gasteiger partial charge in [0.05, 0.1) is 6.20 Å². The van der Waals surface area contributed by atoms with Crippen molar-refractivity contribution in [3.05, 3.63) is 71.4 Å². The first-order chi connectivity index (χ1) is 12.1. The Labute approximate surface area is 146 Å². The molecule has 0 aliphatic rings. The molecule has 0 aliphatic heterocycles. The van der Waals surface area contributed by atoms with E-state index in [4.69, 9.17) is 0 Å². The summed E-state index contributed by atoms with van der Waals surface area (Å²) in [5, 5.41) is 14.3. The maximum Gasteiger partial charge on any atom is 0.249 e. The summed E-state index contributed by atoms with van der Waals surface area (Å²) in [5.74, 6) is 1.01. The molecule has 2 N–H and O–H groups in total. The van der Waals surface area contributed by atoms with Crippen LogP contribution in [0.5, 0.6) is 0 Å². The number of nitrogens with one attached hydrogen (secondary N) is 2. The van der Waals surface area contributed by atoms with Crippen LogP contribution >= 0.6 is 0 Å². The van der Waals surface area contributed by atoms with E-state index in [0.29, 0.717) is 23.9 Å². The molecular weight excluding hydrogens is 314 g/mol. The summed E-state index contributed by atoms with van der Waals surface area (Å²) in [6.07, 6.45) is 1.58. The summed E-state index contributed by atoms with van der Waals surface area (Å²) >= 11 is 0. The van der Waals surface area contributed by atoms with Crippen LogP contribution < -0.4 is 10.6 Å². The molecule has 1 heterocycles. The van der Waals surface area contributed by atoms with Crippen molar-refractivity contribution in [2.24, 2.45) is 0 Å². The molecule has 25 heavy (non-hydrogen) atoms. The molecule has 0 bridgehead atoms. The van der Waals surface area contributed by atoms with E-state index in [0.717, 1.165) is 5.69 Å². The second kappa shape index (κ2) is 7.53. The normalized spacial score (nSPS) is 10.3. The van der Waals surface area contributed by atoms with Crippen molar-refractivity contribution in [1.82, 2.24) is 15.2 Å². The lowest BCUT2D eigenvalue weighted by molar-refractivity contribution is 0.101. The van der Waals surface area contributed by atoms with Gasteiger partial charge >= 0.3 is 0 Å². The topological polar surface area (TPSA) is 79.8 Å². The Morgan fingerprint density at radius 2 is 1.96 bits per heavy atom. The van der Waals surface area contributed by atoms with Crippen LogP contribution in [0.1, 0.15) is 28.4 Å². The van der Waals surface area contributed by atoms with Gasteiger partial charge in [-0.1, -0.05) is 42.0 Å². The first-order valence-electron chi connectivity index (χ1n) is 7.97. The van der Waals surface area contributed by atoms with Crippen molar-refractivity contribution in [2.45, 2.75) is 20.4 Å². The molecular formula is C19H19N5O. The van der Waals surface area contributed by atoms with Gasteiger partial charge in [-0.25, -0.2) is 0 Å². The lowest BCUT2D eigenvalue weighted by atomic mass is 10.1. The molecule has 6 heteroatoms. The summed E-state index contributed by atoms with van der Waals surface area (Å²) in [5.41, 5.74) is 3.76. The molecule has 0 unspecified atom stereocenters. The van der Waals surface area contributed by atoms with Crippen LogP contribution in [0, 0.1) is 6.92 Å². The van der Waals surface area contributed by atoms with Gasteiger partial charge in [-0.05, 0) is 31.5 Å². The zero-order valence-corrected chi connectivity index (χ0v) is 14.2. The van der Waals surface area contributed by atoms with Gasteiger partial charge in [0, 0.05) is 17.8 Å². The highest BCUT2D eigenvalue weighted by atomic mass is 16.1. The predicted octanol–water partition coefficient (Wildman–Crippen LogP) is 3.74. The molecule has 1 aromatic heterocycles. The van der Waals surface area contributed by atoms with E-state index in [1.165, 1.54) is 18.1 Å². The highest BCUT2D eigenvalue weighted by Gasteiger charge is 2.04. The number of hydrogen-bond donors (Lipinski definition) is 2. The van der Waals surface area contributed by atoms with Crippen LogP contribution in [0.3, 0.4) is 0 Å². The molecule has 3 rings (SSSR count). The summed E-state index contributed by atoms with van der Waals surface area (Å²) in [4.78, 5) is 15.9. The number of carbonyl (C=O) groups is 1. The molecule has 0 atom stereocenters. The molecule has 0 radical (unpaired) electrons. The SMILES string of the molecule is CC(=O)c1cccc(Nc2nncc(NCc3cccc(C)c3)n2)c1. The van der Waals surface area contributed by atoms with E-state index >= 15 is 0 Å². The third-order valence-electron chi connectivity index (χ3n) is 3.64. The summed E-state index contributed by atoms with van der Waals surface area (Å²) in [6, 6.07) is 15.5. The van der Waals surface area contributed by atoms with E-state index in [9.17, 15) is 4.79 Å². The third kappa shape index (κ3) is 4.60. The zero-order valence-electron chi connectivity index (χ0n) is 14.2. The van der Waals surface area contributed by atoms with Crippen molar-refractivity contribution < 1.29 is 4.79 Å². The number of rotatable bonds is 6. The summed E-state index contributed by atoms with van der Waals surface area (Å²) in [6.45, 7) is 4.25. The van der Waals surface area contributed by atoms with Crippen LogP contribution in [0.4, 0.5) is 17.5 Å². The van der Waals surface area contributed by atoms with E-state index in [2.05, 4.69) is 50.9 Å². The van der Waals surface area contributed by atoms with Crippen molar-refractivity contribution in [3.63, 3.8) is 0 Å². The molecule has 0 amide bonds. The lowest BCUT2D eigenvalue weighted by Gasteiger charge is -2.08. The highest BCUT2D eigenvalue weighted by Crippen LogP contribution is 2.16. The van der Waals surface area contributed by atoms with Gasteiger partial charge in [-0.2, -0.15) is 10.1 Å². The van der Waals surface area contributed by atoms with Crippen LogP contribution in [-0.2, 0) is 6.54 Å². The largest absolute Gasteiger partial charge is 0.365 e. The van der Waals surface area contributed by atoms with Crippen molar-refractivity contribution in [2.75, 3.05) is 10.6 Å². The zero-order chi connectivity index (χ0) is 17.6. The number of benzene rings is 2. The number of hydrogen-bond acceptors (Lipinski definition) is 6. The van der Waals surface area contributed by atoms with Gasteiger partial charge in [0.25, 0.3) is 0 Å². The first-order valence-corrected chi connectivity index (χ1v) is 7.97. The number of ketones is 1. The average Bonchev–Trinajstić information content (AvgIpc) is 2.61. The Morgan fingerprint density at radius 1 is 1.12 bits per heavy atom. The van der Waals surface area contributed by atoms with Gasteiger partial charge < -0.3 is 10.6 Å². The molecule has 2 aromatic carbocycles. The minimum absolute atomic E-state index is 0.0104. The highest BCUT2D eigenvalue weighted by molar-refractivity contribution is 5.95. The minimum atomic E-state index is 0.0104. The van der Waals surface area contributed by atoms with E-state index in [1.54, 1.807) is 18.3 Å². The van der Waals surface area contributed by atoms with Crippen LogP contribution in [0.2, 0.25) is 0 Å². The van der Waals surface area contributed by atoms with E-state index < -0.39 is 0 Å². The van der Waals surface area contributed by atoms with Gasteiger partial charge in [-0.3, -0.25) is 4.79 Å². The van der Waals surface area contributed by atoms with Gasteiger partial charge in [0.2, 0.25) is 5.95 Å². The van der Waals surface area contributed by atoms with Gasteiger partial charge in [0.15, 0.2) is 11.6 Å². The van der Waals surface area contributed by atoms with Crippen molar-refractivity contribution in [1.29, 1.82) is 0 Å². The van der Waals surface area contributed by atoms with Crippen LogP contribution in [0.25, 0.3) is 0 Å². The summed E-state index contributed by atoms with van der Waals surface area (Å²) < 4.78 is 0. The fourth-order valence-electron chi connectivity index (χ4n) is 2.40. The number of aryl methyl sites for hydroxylation is 1. The molecule has 0 spiro atoms. The van der Waals surface area contributed by atoms with Gasteiger partial charge in [0.1, 0.15) is 0 Å². The maximum absolute atomic E-state index is 11.5. The van der Waals surface area contributed by atoms with E-state index in [-0.39, 0.29) is 5.78 Å². The number of aromatic nitrogens is 3. The van der Waals surface area contributed by atoms with Crippen molar-refractivity contribution in [3.8, 4) is 0 Å². The Balaban J connectivity index is 1.69. The third-order valence-corrected chi connectivity index (χ3v) is 3.64. The second-order valence-electron chi connectivity index (χ2n) is 5.77. The molecule has 0 saturated heterocycles. The Kier molecular flexibility index (Phi) is 4.99. The smallest absolute Gasteiger partial charge is 0.249 e. The first kappa shape index (κ1) is 16.6. The molecule has 126 valence electrons. The number of nitrogens with zero attached hydrogens (tertiary/aromatic N) is 3.